The van der Waals surface area contributed by atoms with Crippen LogP contribution in [0.2, 0.25) is 5.15 Å². The van der Waals surface area contributed by atoms with Crippen molar-refractivity contribution in [3.63, 3.8) is 0 Å². The molecule has 1 heterocycles. The highest BCUT2D eigenvalue weighted by Crippen LogP contribution is 2.11. The minimum Gasteiger partial charge on any atom is -0.508 e. The van der Waals surface area contributed by atoms with Gasteiger partial charge in [0.1, 0.15) is 16.6 Å². The molecule has 108 valence electrons. The van der Waals surface area contributed by atoms with Gasteiger partial charge in [0.25, 0.3) is 5.56 Å². The Morgan fingerprint density at radius 3 is 2.76 bits per heavy atom. The predicted molar refractivity (Wildman–Crippen MR) is 80.4 cm³/mol. The van der Waals surface area contributed by atoms with Crippen LogP contribution in [0.5, 0.6) is 5.75 Å². The highest BCUT2D eigenvalue weighted by Gasteiger charge is 2.12. The summed E-state index contributed by atoms with van der Waals surface area (Å²) in [7, 11) is 1.32. The number of rotatable bonds is 1. The second-order valence-electron chi connectivity index (χ2n) is 4.29. The molecule has 7 heteroatoms. The molecule has 0 aliphatic carbocycles. The number of anilines is 1. The fourth-order valence-electron chi connectivity index (χ4n) is 1.71. The molecule has 0 bridgehead atoms. The molecule has 1 aromatic heterocycles. The van der Waals surface area contributed by atoms with Crippen molar-refractivity contribution in [1.82, 2.24) is 9.13 Å². The van der Waals surface area contributed by atoms with E-state index in [2.05, 4.69) is 11.8 Å². The number of aromatic nitrogens is 2. The van der Waals surface area contributed by atoms with Crippen molar-refractivity contribution in [1.29, 1.82) is 0 Å². The highest BCUT2D eigenvalue weighted by atomic mass is 35.5. The van der Waals surface area contributed by atoms with Gasteiger partial charge in [0, 0.05) is 12.6 Å². The van der Waals surface area contributed by atoms with Crippen LogP contribution in [0, 0.1) is 11.8 Å². The SMILES string of the molecule is Cn1c(=O)c(N)c(Cl)n(CC#Cc2cccc(O)c2)c1=O. The van der Waals surface area contributed by atoms with Crippen LogP contribution in [0.1, 0.15) is 5.56 Å². The first-order chi connectivity index (χ1) is 9.91. The van der Waals surface area contributed by atoms with Gasteiger partial charge >= 0.3 is 5.69 Å². The Bertz CT molecular complexity index is 872. The second kappa shape index (κ2) is 5.77. The first kappa shape index (κ1) is 14.8. The monoisotopic (exact) mass is 305 g/mol. The molecule has 2 rings (SSSR count). The number of nitrogens with two attached hydrogens (primary N) is 1. The van der Waals surface area contributed by atoms with Gasteiger partial charge in [0.05, 0.1) is 6.54 Å². The van der Waals surface area contributed by atoms with Crippen molar-refractivity contribution >= 4 is 17.3 Å². The van der Waals surface area contributed by atoms with Crippen LogP contribution in [-0.4, -0.2) is 14.2 Å². The van der Waals surface area contributed by atoms with E-state index >= 15 is 0 Å². The number of nitrogen functional groups attached to an aromatic ring is 1. The minimum absolute atomic E-state index is 0.0222. The third kappa shape index (κ3) is 2.93. The summed E-state index contributed by atoms with van der Waals surface area (Å²) in [5.74, 6) is 5.63. The van der Waals surface area contributed by atoms with Crippen LogP contribution in [0.3, 0.4) is 0 Å². The van der Waals surface area contributed by atoms with E-state index in [-0.39, 0.29) is 23.1 Å². The van der Waals surface area contributed by atoms with Crippen molar-refractivity contribution in [2.45, 2.75) is 6.54 Å². The standard InChI is InChI=1S/C14H12ClN3O3/c1-17-13(20)11(16)12(15)18(14(17)21)7-3-5-9-4-2-6-10(19)8-9/h2,4,6,8,19H,7,16H2,1H3. The van der Waals surface area contributed by atoms with Gasteiger partial charge in [-0.1, -0.05) is 29.5 Å². The van der Waals surface area contributed by atoms with E-state index in [1.165, 1.54) is 19.2 Å². The predicted octanol–water partition coefficient (Wildman–Crippen LogP) is 0.540. The lowest BCUT2D eigenvalue weighted by molar-refractivity contribution is 0.475. The molecular formula is C14H12ClN3O3. The number of phenolic OH excluding ortho intramolecular Hbond substituents is 1. The lowest BCUT2D eigenvalue weighted by Gasteiger charge is -2.08. The van der Waals surface area contributed by atoms with E-state index in [1.807, 2.05) is 0 Å². The molecule has 2 aromatic rings. The van der Waals surface area contributed by atoms with E-state index in [0.717, 1.165) is 9.13 Å². The Balaban J connectivity index is 2.39. The Kier molecular flexibility index (Phi) is 4.05. The van der Waals surface area contributed by atoms with Gasteiger partial charge in [0.2, 0.25) is 0 Å². The fraction of sp³-hybridized carbons (Fsp3) is 0.143. The third-order valence-electron chi connectivity index (χ3n) is 2.83. The Morgan fingerprint density at radius 1 is 1.38 bits per heavy atom. The largest absolute Gasteiger partial charge is 0.508 e. The van der Waals surface area contributed by atoms with Crippen molar-refractivity contribution in [3.8, 4) is 17.6 Å². The van der Waals surface area contributed by atoms with Gasteiger partial charge in [-0.15, -0.1) is 0 Å². The van der Waals surface area contributed by atoms with Crippen molar-refractivity contribution in [3.05, 3.63) is 55.8 Å². The average Bonchev–Trinajstić information content (AvgIpc) is 2.47. The summed E-state index contributed by atoms with van der Waals surface area (Å²) in [5, 5.41) is 9.19. The molecule has 0 fully saturated rings. The van der Waals surface area contributed by atoms with Crippen LogP contribution in [-0.2, 0) is 13.6 Å². The smallest absolute Gasteiger partial charge is 0.332 e. The Morgan fingerprint density at radius 2 is 2.10 bits per heavy atom. The Labute approximate surface area is 125 Å². The third-order valence-corrected chi connectivity index (χ3v) is 3.24. The molecule has 0 saturated heterocycles. The van der Waals surface area contributed by atoms with Crippen molar-refractivity contribution in [2.75, 3.05) is 5.73 Å². The molecule has 6 nitrogen and oxygen atoms in total. The van der Waals surface area contributed by atoms with E-state index in [0.29, 0.717) is 5.56 Å². The molecule has 0 saturated carbocycles. The lowest BCUT2D eigenvalue weighted by Crippen LogP contribution is -2.39. The van der Waals surface area contributed by atoms with Gasteiger partial charge in [-0.3, -0.25) is 13.9 Å². The molecule has 0 aliphatic heterocycles. The molecule has 0 radical (unpaired) electrons. The number of hydrogen-bond acceptors (Lipinski definition) is 4. The summed E-state index contributed by atoms with van der Waals surface area (Å²) in [5.41, 5.74) is 4.72. The van der Waals surface area contributed by atoms with Crippen molar-refractivity contribution < 1.29 is 5.11 Å². The van der Waals surface area contributed by atoms with Crippen LogP contribution in [0.4, 0.5) is 5.69 Å². The van der Waals surface area contributed by atoms with E-state index in [1.54, 1.807) is 12.1 Å². The summed E-state index contributed by atoms with van der Waals surface area (Å²) >= 11 is 5.90. The molecule has 0 unspecified atom stereocenters. The van der Waals surface area contributed by atoms with E-state index in [4.69, 9.17) is 17.3 Å². The Hall–Kier alpha value is -2.65. The second-order valence-corrected chi connectivity index (χ2v) is 4.65. The van der Waals surface area contributed by atoms with Crippen LogP contribution in [0.25, 0.3) is 0 Å². The summed E-state index contributed by atoms with van der Waals surface area (Å²) < 4.78 is 1.98. The van der Waals surface area contributed by atoms with E-state index in [9.17, 15) is 14.7 Å². The molecule has 3 N–H and O–H groups in total. The number of nitrogens with zero attached hydrogens (tertiary/aromatic N) is 2. The maximum absolute atomic E-state index is 11.9. The summed E-state index contributed by atoms with van der Waals surface area (Å²) in [6.07, 6.45) is 0. The first-order valence-corrected chi connectivity index (χ1v) is 6.32. The van der Waals surface area contributed by atoms with Gasteiger partial charge in [0.15, 0.2) is 0 Å². The quantitative estimate of drug-likeness (QED) is 0.594. The number of aromatic hydroxyl groups is 1. The summed E-state index contributed by atoms with van der Waals surface area (Å²) in [6, 6.07) is 6.39. The summed E-state index contributed by atoms with van der Waals surface area (Å²) in [4.78, 5) is 23.5. The van der Waals surface area contributed by atoms with Crippen LogP contribution in [0.15, 0.2) is 33.9 Å². The normalized spacial score (nSPS) is 10.0. The van der Waals surface area contributed by atoms with Crippen molar-refractivity contribution in [2.24, 2.45) is 7.05 Å². The van der Waals surface area contributed by atoms with Gasteiger partial charge in [-0.2, -0.15) is 0 Å². The average molecular weight is 306 g/mol. The maximum Gasteiger partial charge on any atom is 0.332 e. The molecule has 0 atom stereocenters. The van der Waals surface area contributed by atoms with Crippen LogP contribution >= 0.6 is 11.6 Å². The summed E-state index contributed by atoms with van der Waals surface area (Å²) in [6.45, 7) is -0.0222. The highest BCUT2D eigenvalue weighted by molar-refractivity contribution is 6.31. The number of halogens is 1. The maximum atomic E-state index is 11.9. The topological polar surface area (TPSA) is 90.2 Å². The van der Waals surface area contributed by atoms with Gasteiger partial charge in [-0.05, 0) is 18.2 Å². The lowest BCUT2D eigenvalue weighted by atomic mass is 10.2. The zero-order valence-corrected chi connectivity index (χ0v) is 11.9. The van der Waals surface area contributed by atoms with Crippen LogP contribution < -0.4 is 17.0 Å². The number of hydrogen-bond donors (Lipinski definition) is 2. The number of benzene rings is 1. The molecule has 21 heavy (non-hydrogen) atoms. The minimum atomic E-state index is -0.637. The van der Waals surface area contributed by atoms with Gasteiger partial charge < -0.3 is 10.8 Å². The fourth-order valence-corrected chi connectivity index (χ4v) is 1.92. The van der Waals surface area contributed by atoms with E-state index < -0.39 is 11.2 Å². The zero-order valence-electron chi connectivity index (χ0n) is 11.1. The van der Waals surface area contributed by atoms with Gasteiger partial charge in [-0.25, -0.2) is 4.79 Å². The molecular weight excluding hydrogens is 294 g/mol. The number of phenols is 1. The molecule has 0 spiro atoms. The molecule has 1 aromatic carbocycles. The molecule has 0 amide bonds. The molecule has 0 aliphatic rings. The zero-order chi connectivity index (χ0) is 15.6. The first-order valence-electron chi connectivity index (χ1n) is 5.94.